The van der Waals surface area contributed by atoms with Crippen LogP contribution >= 0.6 is 0 Å². The summed E-state index contributed by atoms with van der Waals surface area (Å²) in [5, 5.41) is 4.54. The Hall–Kier alpha value is -1.81. The minimum absolute atomic E-state index is 0.101. The quantitative estimate of drug-likeness (QED) is 0.849. The third kappa shape index (κ3) is 2.53. The molecule has 2 aliphatic rings. The van der Waals surface area contributed by atoms with Crippen molar-refractivity contribution in [1.82, 2.24) is 15.2 Å². The number of nitrogens with one attached hydrogen (secondary N) is 2. The van der Waals surface area contributed by atoms with Gasteiger partial charge in [0.25, 0.3) is 0 Å². The molecule has 1 saturated heterocycles. The molecule has 4 rings (SSSR count). The number of carbonyl (C=O) groups is 1. The minimum atomic E-state index is 0.101. The van der Waals surface area contributed by atoms with Gasteiger partial charge in [-0.1, -0.05) is 25.5 Å². The van der Waals surface area contributed by atoms with E-state index in [2.05, 4.69) is 53.6 Å². The molecule has 0 saturated carbocycles. The zero-order valence-electron chi connectivity index (χ0n) is 14.6. The zero-order chi connectivity index (χ0) is 16.7. The average Bonchev–Trinajstić information content (AvgIpc) is 3.00. The molecule has 128 valence electrons. The number of piperidine rings is 1. The molecule has 1 amide bonds. The highest BCUT2D eigenvalue weighted by atomic mass is 16.1. The molecular weight excluding hydrogens is 298 g/mol. The number of amides is 1. The first-order valence-electron chi connectivity index (χ1n) is 9.26. The standard InChI is InChI=1S/C20H27N3O/c1-3-4-8-21-20(24)14-9-16-15-6-5-7-17-19(15)13(11-22-17)10-18(16)23(2)12-14/h5-7,11,14,16,18,22H,3-4,8-10,12H2,1-2H3,(H,21,24)/t14?,16-,18-/m1/s1. The summed E-state index contributed by atoms with van der Waals surface area (Å²) in [6.07, 6.45) is 6.40. The summed E-state index contributed by atoms with van der Waals surface area (Å²) in [5.41, 5.74) is 4.09. The van der Waals surface area contributed by atoms with Crippen molar-refractivity contribution >= 4 is 16.8 Å². The monoisotopic (exact) mass is 325 g/mol. The highest BCUT2D eigenvalue weighted by Crippen LogP contribution is 2.44. The normalized spacial score (nSPS) is 26.3. The number of benzene rings is 1. The number of nitrogens with zero attached hydrogens (tertiary/aromatic N) is 1. The Morgan fingerprint density at radius 3 is 3.12 bits per heavy atom. The summed E-state index contributed by atoms with van der Waals surface area (Å²) in [6.45, 7) is 3.83. The molecule has 2 N–H and O–H groups in total. The van der Waals surface area contributed by atoms with E-state index in [9.17, 15) is 4.79 Å². The molecule has 1 aliphatic heterocycles. The highest BCUT2D eigenvalue weighted by molar-refractivity contribution is 5.88. The number of hydrogen-bond donors (Lipinski definition) is 2. The van der Waals surface area contributed by atoms with Crippen molar-refractivity contribution < 1.29 is 4.79 Å². The van der Waals surface area contributed by atoms with Crippen LogP contribution in [0.2, 0.25) is 0 Å². The maximum Gasteiger partial charge on any atom is 0.224 e. The second-order valence-electron chi connectivity index (χ2n) is 7.48. The number of carbonyl (C=O) groups excluding carboxylic acids is 1. The number of H-pyrrole nitrogens is 1. The predicted octanol–water partition coefficient (Wildman–Crippen LogP) is 3.04. The number of aromatic nitrogens is 1. The van der Waals surface area contributed by atoms with E-state index in [1.807, 2.05) is 0 Å². The molecule has 3 atom stereocenters. The molecule has 0 radical (unpaired) electrons. The van der Waals surface area contributed by atoms with Crippen LogP contribution in [0.3, 0.4) is 0 Å². The summed E-state index contributed by atoms with van der Waals surface area (Å²) in [6, 6.07) is 7.08. The number of likely N-dealkylation sites (N-methyl/N-ethyl adjacent to an activating group) is 1. The fourth-order valence-electron chi connectivity index (χ4n) is 4.66. The van der Waals surface area contributed by atoms with Gasteiger partial charge in [0.15, 0.2) is 0 Å². The van der Waals surface area contributed by atoms with E-state index in [1.165, 1.54) is 22.0 Å². The van der Waals surface area contributed by atoms with Crippen molar-refractivity contribution in [2.75, 3.05) is 20.1 Å². The number of aromatic amines is 1. The lowest BCUT2D eigenvalue weighted by Crippen LogP contribution is -2.51. The lowest BCUT2D eigenvalue weighted by Gasteiger charge is -2.45. The fourth-order valence-corrected chi connectivity index (χ4v) is 4.66. The van der Waals surface area contributed by atoms with Gasteiger partial charge in [-0.05, 0) is 43.5 Å². The Balaban J connectivity index is 1.60. The largest absolute Gasteiger partial charge is 0.361 e. The molecule has 1 aliphatic carbocycles. The Bertz CT molecular complexity index is 750. The maximum absolute atomic E-state index is 12.6. The van der Waals surface area contributed by atoms with E-state index in [4.69, 9.17) is 0 Å². The molecule has 2 heterocycles. The molecule has 1 fully saturated rings. The van der Waals surface area contributed by atoms with Gasteiger partial charge < -0.3 is 15.2 Å². The van der Waals surface area contributed by atoms with Gasteiger partial charge in [-0.2, -0.15) is 0 Å². The Labute approximate surface area is 143 Å². The van der Waals surface area contributed by atoms with Crippen molar-refractivity contribution in [3.8, 4) is 0 Å². The van der Waals surface area contributed by atoms with Gasteiger partial charge in [-0.25, -0.2) is 0 Å². The van der Waals surface area contributed by atoms with Crippen LogP contribution < -0.4 is 5.32 Å². The molecule has 1 unspecified atom stereocenters. The first-order valence-corrected chi connectivity index (χ1v) is 9.26. The molecule has 1 aromatic heterocycles. The van der Waals surface area contributed by atoms with Crippen LogP contribution in [-0.4, -0.2) is 42.0 Å². The zero-order valence-corrected chi connectivity index (χ0v) is 14.6. The number of unbranched alkanes of at least 4 members (excludes halogenated alkanes) is 1. The minimum Gasteiger partial charge on any atom is -0.361 e. The van der Waals surface area contributed by atoms with E-state index in [1.54, 1.807) is 0 Å². The van der Waals surface area contributed by atoms with E-state index < -0.39 is 0 Å². The summed E-state index contributed by atoms with van der Waals surface area (Å²) >= 11 is 0. The van der Waals surface area contributed by atoms with Crippen LogP contribution in [0.1, 0.15) is 43.2 Å². The van der Waals surface area contributed by atoms with Gasteiger partial charge in [-0.15, -0.1) is 0 Å². The second kappa shape index (κ2) is 6.25. The van der Waals surface area contributed by atoms with Gasteiger partial charge in [0, 0.05) is 42.1 Å². The molecule has 0 bridgehead atoms. The Morgan fingerprint density at radius 2 is 2.29 bits per heavy atom. The molecule has 4 heteroatoms. The van der Waals surface area contributed by atoms with E-state index in [0.29, 0.717) is 12.0 Å². The van der Waals surface area contributed by atoms with Crippen molar-refractivity contribution in [2.45, 2.75) is 44.6 Å². The lowest BCUT2D eigenvalue weighted by molar-refractivity contribution is -0.127. The Morgan fingerprint density at radius 1 is 1.42 bits per heavy atom. The molecule has 0 spiro atoms. The molecule has 2 aromatic rings. The van der Waals surface area contributed by atoms with Crippen molar-refractivity contribution in [1.29, 1.82) is 0 Å². The van der Waals surface area contributed by atoms with E-state index in [-0.39, 0.29) is 11.8 Å². The van der Waals surface area contributed by atoms with Crippen LogP contribution in [0.15, 0.2) is 24.4 Å². The summed E-state index contributed by atoms with van der Waals surface area (Å²) in [7, 11) is 2.18. The fraction of sp³-hybridized carbons (Fsp3) is 0.550. The molecular formula is C20H27N3O. The van der Waals surface area contributed by atoms with Crippen LogP contribution in [-0.2, 0) is 11.2 Å². The first-order chi connectivity index (χ1) is 11.7. The highest BCUT2D eigenvalue weighted by Gasteiger charge is 2.41. The van der Waals surface area contributed by atoms with E-state index >= 15 is 0 Å². The average molecular weight is 325 g/mol. The van der Waals surface area contributed by atoms with Gasteiger partial charge >= 0.3 is 0 Å². The van der Waals surface area contributed by atoms with Crippen molar-refractivity contribution in [2.24, 2.45) is 5.92 Å². The SMILES string of the molecule is CCCCNC(=O)C1C[C@@H]2c3cccc4[nH]cc(c34)C[C@H]2N(C)C1. The predicted molar refractivity (Wildman–Crippen MR) is 97.2 cm³/mol. The summed E-state index contributed by atoms with van der Waals surface area (Å²) in [5.74, 6) is 0.794. The van der Waals surface area contributed by atoms with E-state index in [0.717, 1.165) is 38.8 Å². The number of fused-ring (bicyclic) bond motifs is 2. The third-order valence-corrected chi connectivity index (χ3v) is 5.93. The van der Waals surface area contributed by atoms with Gasteiger partial charge in [-0.3, -0.25) is 4.79 Å². The van der Waals surface area contributed by atoms with Gasteiger partial charge in [0.1, 0.15) is 0 Å². The topological polar surface area (TPSA) is 48.1 Å². The smallest absolute Gasteiger partial charge is 0.224 e. The van der Waals surface area contributed by atoms with Gasteiger partial charge in [0.2, 0.25) is 5.91 Å². The number of rotatable bonds is 4. The third-order valence-electron chi connectivity index (χ3n) is 5.93. The van der Waals surface area contributed by atoms with Gasteiger partial charge in [0.05, 0.1) is 5.92 Å². The van der Waals surface area contributed by atoms with Crippen molar-refractivity contribution in [3.63, 3.8) is 0 Å². The van der Waals surface area contributed by atoms with Crippen LogP contribution in [0.4, 0.5) is 0 Å². The second-order valence-corrected chi connectivity index (χ2v) is 7.48. The first kappa shape index (κ1) is 15.7. The number of hydrogen-bond acceptors (Lipinski definition) is 2. The molecule has 24 heavy (non-hydrogen) atoms. The Kier molecular flexibility index (Phi) is 4.09. The maximum atomic E-state index is 12.6. The van der Waals surface area contributed by atoms with Crippen LogP contribution in [0, 0.1) is 5.92 Å². The molecule has 4 nitrogen and oxygen atoms in total. The van der Waals surface area contributed by atoms with Crippen LogP contribution in [0.5, 0.6) is 0 Å². The molecule has 1 aromatic carbocycles. The number of likely N-dealkylation sites (tertiary alicyclic amines) is 1. The van der Waals surface area contributed by atoms with Crippen LogP contribution in [0.25, 0.3) is 10.9 Å². The summed E-state index contributed by atoms with van der Waals surface area (Å²) in [4.78, 5) is 18.4. The van der Waals surface area contributed by atoms with Crippen molar-refractivity contribution in [3.05, 3.63) is 35.5 Å². The summed E-state index contributed by atoms with van der Waals surface area (Å²) < 4.78 is 0. The lowest BCUT2D eigenvalue weighted by atomic mass is 9.72.